The quantitative estimate of drug-likeness (QED) is 0.908. The molecule has 6 heteroatoms. The molecule has 0 bridgehead atoms. The van der Waals surface area contributed by atoms with Crippen molar-refractivity contribution in [2.45, 2.75) is 37.8 Å². The van der Waals surface area contributed by atoms with Gasteiger partial charge in [0.25, 0.3) is 11.8 Å². The van der Waals surface area contributed by atoms with E-state index >= 15 is 0 Å². The second kappa shape index (κ2) is 6.66. The van der Waals surface area contributed by atoms with Crippen molar-refractivity contribution in [3.05, 3.63) is 29.6 Å². The summed E-state index contributed by atoms with van der Waals surface area (Å²) >= 11 is 0. The summed E-state index contributed by atoms with van der Waals surface area (Å²) in [5.41, 5.74) is 0.891. The predicted molar refractivity (Wildman–Crippen MR) is 87.3 cm³/mol. The Kier molecular flexibility index (Phi) is 4.61. The van der Waals surface area contributed by atoms with E-state index in [1.165, 1.54) is 19.0 Å². The molecule has 0 aliphatic carbocycles. The topological polar surface area (TPSA) is 65.5 Å². The zero-order valence-electron chi connectivity index (χ0n) is 13.8. The second-order valence-electron chi connectivity index (χ2n) is 6.41. The SMILES string of the molecule is CNC(=O)c1ccc(C(=O)N2CCC[C@H]2[C@H]2CCCN2C)cn1. The summed E-state index contributed by atoms with van der Waals surface area (Å²) in [4.78, 5) is 32.9. The third-order valence-corrected chi connectivity index (χ3v) is 5.05. The van der Waals surface area contributed by atoms with Crippen molar-refractivity contribution >= 4 is 11.8 Å². The lowest BCUT2D eigenvalue weighted by Gasteiger charge is -2.33. The Hall–Kier alpha value is -1.95. The lowest BCUT2D eigenvalue weighted by molar-refractivity contribution is 0.0663. The van der Waals surface area contributed by atoms with Gasteiger partial charge in [0, 0.05) is 31.9 Å². The van der Waals surface area contributed by atoms with Crippen LogP contribution in [0.4, 0.5) is 0 Å². The highest BCUT2D eigenvalue weighted by molar-refractivity contribution is 5.96. The van der Waals surface area contributed by atoms with E-state index in [0.717, 1.165) is 25.9 Å². The monoisotopic (exact) mass is 316 g/mol. The molecular formula is C17H24N4O2. The average Bonchev–Trinajstić information content (AvgIpc) is 3.21. The summed E-state index contributed by atoms with van der Waals surface area (Å²) < 4.78 is 0. The van der Waals surface area contributed by atoms with Crippen LogP contribution in [0.15, 0.2) is 18.3 Å². The van der Waals surface area contributed by atoms with Crippen LogP contribution in [-0.2, 0) is 0 Å². The molecular weight excluding hydrogens is 292 g/mol. The molecule has 2 saturated heterocycles. The Balaban J connectivity index is 1.75. The maximum Gasteiger partial charge on any atom is 0.269 e. The molecule has 3 heterocycles. The summed E-state index contributed by atoms with van der Waals surface area (Å²) in [6.45, 7) is 1.93. The van der Waals surface area contributed by atoms with Gasteiger partial charge in [-0.1, -0.05) is 0 Å². The first-order valence-corrected chi connectivity index (χ1v) is 8.31. The highest BCUT2D eigenvalue weighted by atomic mass is 16.2. The molecule has 2 amide bonds. The van der Waals surface area contributed by atoms with Crippen LogP contribution < -0.4 is 5.32 Å². The van der Waals surface area contributed by atoms with Crippen LogP contribution in [0.1, 0.15) is 46.5 Å². The number of nitrogens with zero attached hydrogens (tertiary/aromatic N) is 3. The molecule has 2 aliphatic heterocycles. The van der Waals surface area contributed by atoms with Gasteiger partial charge in [0.1, 0.15) is 5.69 Å². The maximum absolute atomic E-state index is 12.8. The Morgan fingerprint density at radius 2 is 1.91 bits per heavy atom. The number of hydrogen-bond acceptors (Lipinski definition) is 4. The lowest BCUT2D eigenvalue weighted by atomic mass is 10.0. The molecule has 1 aromatic rings. The molecule has 0 aromatic carbocycles. The van der Waals surface area contributed by atoms with E-state index in [1.54, 1.807) is 19.2 Å². The second-order valence-corrected chi connectivity index (χ2v) is 6.41. The minimum Gasteiger partial charge on any atom is -0.354 e. The number of hydrogen-bond donors (Lipinski definition) is 1. The van der Waals surface area contributed by atoms with E-state index in [0.29, 0.717) is 23.3 Å². The first-order chi connectivity index (χ1) is 11.1. The molecule has 0 unspecified atom stereocenters. The fourth-order valence-electron chi connectivity index (χ4n) is 3.82. The number of nitrogens with one attached hydrogen (secondary N) is 1. The Morgan fingerprint density at radius 3 is 2.52 bits per heavy atom. The molecule has 0 radical (unpaired) electrons. The van der Waals surface area contributed by atoms with E-state index < -0.39 is 0 Å². The third kappa shape index (κ3) is 3.08. The van der Waals surface area contributed by atoms with E-state index in [2.05, 4.69) is 22.2 Å². The number of likely N-dealkylation sites (N-methyl/N-ethyl adjacent to an activating group) is 1. The van der Waals surface area contributed by atoms with Crippen LogP contribution in [0.3, 0.4) is 0 Å². The van der Waals surface area contributed by atoms with Crippen LogP contribution in [0.2, 0.25) is 0 Å². The minimum absolute atomic E-state index is 0.0313. The summed E-state index contributed by atoms with van der Waals surface area (Å²) in [6, 6.07) is 4.08. The summed E-state index contributed by atoms with van der Waals surface area (Å²) in [6.07, 6.45) is 6.02. The lowest BCUT2D eigenvalue weighted by Crippen LogP contribution is -2.47. The van der Waals surface area contributed by atoms with E-state index in [-0.39, 0.29) is 11.8 Å². The van der Waals surface area contributed by atoms with Gasteiger partial charge >= 0.3 is 0 Å². The highest BCUT2D eigenvalue weighted by Gasteiger charge is 2.38. The smallest absolute Gasteiger partial charge is 0.269 e. The number of carbonyl (C=O) groups is 2. The number of rotatable bonds is 3. The zero-order valence-corrected chi connectivity index (χ0v) is 13.8. The van der Waals surface area contributed by atoms with Crippen molar-refractivity contribution < 1.29 is 9.59 Å². The fourth-order valence-corrected chi connectivity index (χ4v) is 3.82. The van der Waals surface area contributed by atoms with Gasteiger partial charge < -0.3 is 15.1 Å². The van der Waals surface area contributed by atoms with Gasteiger partial charge in [0.2, 0.25) is 0 Å². The molecule has 2 fully saturated rings. The Morgan fingerprint density at radius 1 is 1.17 bits per heavy atom. The molecule has 2 aliphatic rings. The molecule has 2 atom stereocenters. The van der Waals surface area contributed by atoms with Crippen molar-refractivity contribution in [3.63, 3.8) is 0 Å². The minimum atomic E-state index is -0.240. The average molecular weight is 316 g/mol. The van der Waals surface area contributed by atoms with Gasteiger partial charge in [0.05, 0.1) is 5.56 Å². The van der Waals surface area contributed by atoms with E-state index in [4.69, 9.17) is 0 Å². The van der Waals surface area contributed by atoms with Crippen molar-refractivity contribution in [3.8, 4) is 0 Å². The predicted octanol–water partition coefficient (Wildman–Crippen LogP) is 1.14. The van der Waals surface area contributed by atoms with Gasteiger partial charge in [-0.25, -0.2) is 0 Å². The fraction of sp³-hybridized carbons (Fsp3) is 0.588. The molecule has 6 nitrogen and oxygen atoms in total. The summed E-state index contributed by atoms with van der Waals surface area (Å²) in [7, 11) is 3.72. The van der Waals surface area contributed by atoms with Crippen molar-refractivity contribution in [2.24, 2.45) is 0 Å². The summed E-state index contributed by atoms with van der Waals surface area (Å²) in [5.74, 6) is -0.209. The van der Waals surface area contributed by atoms with Crippen LogP contribution in [0, 0.1) is 0 Å². The Bertz CT molecular complexity index is 587. The molecule has 23 heavy (non-hydrogen) atoms. The normalized spacial score (nSPS) is 24.9. The number of likely N-dealkylation sites (tertiary alicyclic amines) is 2. The molecule has 1 aromatic heterocycles. The number of carbonyl (C=O) groups excluding carboxylic acids is 2. The molecule has 0 spiro atoms. The largest absolute Gasteiger partial charge is 0.354 e. The van der Waals surface area contributed by atoms with Crippen LogP contribution >= 0.6 is 0 Å². The van der Waals surface area contributed by atoms with Crippen molar-refractivity contribution in [1.29, 1.82) is 0 Å². The van der Waals surface area contributed by atoms with E-state index in [9.17, 15) is 9.59 Å². The van der Waals surface area contributed by atoms with Crippen molar-refractivity contribution in [2.75, 3.05) is 27.2 Å². The standard InChI is InChI=1S/C17H24N4O2/c1-18-16(22)13-8-7-12(11-19-13)17(23)21-10-4-6-15(21)14-5-3-9-20(14)2/h7-8,11,14-15H,3-6,9-10H2,1-2H3,(H,18,22)/t14-,15+/m1/s1. The third-order valence-electron chi connectivity index (χ3n) is 5.05. The molecule has 3 rings (SSSR count). The van der Waals surface area contributed by atoms with Gasteiger partial charge in [-0.15, -0.1) is 0 Å². The van der Waals surface area contributed by atoms with Gasteiger partial charge in [-0.05, 0) is 51.4 Å². The number of aromatic nitrogens is 1. The van der Waals surface area contributed by atoms with Crippen LogP contribution in [0.25, 0.3) is 0 Å². The number of pyridine rings is 1. The van der Waals surface area contributed by atoms with Gasteiger partial charge in [0.15, 0.2) is 0 Å². The molecule has 124 valence electrons. The van der Waals surface area contributed by atoms with E-state index in [1.807, 2.05) is 4.90 Å². The molecule has 0 saturated carbocycles. The maximum atomic E-state index is 12.8. The number of amides is 2. The van der Waals surface area contributed by atoms with Crippen LogP contribution in [-0.4, -0.2) is 65.9 Å². The molecule has 1 N–H and O–H groups in total. The van der Waals surface area contributed by atoms with Crippen molar-refractivity contribution in [1.82, 2.24) is 20.1 Å². The van der Waals surface area contributed by atoms with Crippen LogP contribution in [0.5, 0.6) is 0 Å². The first-order valence-electron chi connectivity index (χ1n) is 8.31. The van der Waals surface area contributed by atoms with Gasteiger partial charge in [-0.2, -0.15) is 0 Å². The zero-order chi connectivity index (χ0) is 16.4. The van der Waals surface area contributed by atoms with Gasteiger partial charge in [-0.3, -0.25) is 14.6 Å². The Labute approximate surface area is 136 Å². The summed E-state index contributed by atoms with van der Waals surface area (Å²) in [5, 5.41) is 2.53. The highest BCUT2D eigenvalue weighted by Crippen LogP contribution is 2.30. The first kappa shape index (κ1) is 15.9.